The van der Waals surface area contributed by atoms with Crippen molar-refractivity contribution < 1.29 is 4.74 Å². The van der Waals surface area contributed by atoms with Crippen LogP contribution in [0, 0.1) is 0 Å². The van der Waals surface area contributed by atoms with Gasteiger partial charge in [-0.15, -0.1) is 0 Å². The number of hydrogen-bond acceptors (Lipinski definition) is 2. The lowest BCUT2D eigenvalue weighted by Gasteiger charge is -2.11. The third-order valence-electron chi connectivity index (χ3n) is 3.12. The quantitative estimate of drug-likeness (QED) is 0.528. The standard InChI is InChI=1S/C17H20BrNO/c1-2-3-12-20-16-9-7-14(8-10-16)17(18)13-15-6-4-5-11-19-15/h4-11,17H,2-3,12-13H2,1H3. The number of hydrogen-bond donors (Lipinski definition) is 0. The van der Waals surface area contributed by atoms with E-state index in [2.05, 4.69) is 46.0 Å². The molecule has 0 bridgehead atoms. The molecule has 106 valence electrons. The van der Waals surface area contributed by atoms with Gasteiger partial charge in [0.1, 0.15) is 5.75 Å². The summed E-state index contributed by atoms with van der Waals surface area (Å²) in [5, 5.41) is 0. The van der Waals surface area contributed by atoms with Gasteiger partial charge < -0.3 is 4.74 Å². The highest BCUT2D eigenvalue weighted by Gasteiger charge is 2.09. The summed E-state index contributed by atoms with van der Waals surface area (Å²) in [5.74, 6) is 0.944. The predicted molar refractivity (Wildman–Crippen MR) is 86.5 cm³/mol. The number of alkyl halides is 1. The van der Waals surface area contributed by atoms with Crippen LogP contribution in [0.1, 0.15) is 35.8 Å². The van der Waals surface area contributed by atoms with Crippen LogP contribution in [-0.2, 0) is 6.42 Å². The van der Waals surface area contributed by atoms with E-state index in [1.54, 1.807) is 0 Å². The van der Waals surface area contributed by atoms with Crippen molar-refractivity contribution in [1.82, 2.24) is 4.98 Å². The second-order valence-corrected chi connectivity index (χ2v) is 5.87. The van der Waals surface area contributed by atoms with Gasteiger partial charge in [0, 0.05) is 23.1 Å². The molecule has 2 aromatic rings. The van der Waals surface area contributed by atoms with Crippen LogP contribution in [0.4, 0.5) is 0 Å². The van der Waals surface area contributed by atoms with Gasteiger partial charge in [-0.25, -0.2) is 0 Å². The molecule has 1 unspecified atom stereocenters. The minimum Gasteiger partial charge on any atom is -0.494 e. The normalized spacial score (nSPS) is 12.1. The Morgan fingerprint density at radius 2 is 1.95 bits per heavy atom. The van der Waals surface area contributed by atoms with E-state index < -0.39 is 0 Å². The number of unbranched alkanes of at least 4 members (excludes halogenated alkanes) is 1. The van der Waals surface area contributed by atoms with E-state index in [-0.39, 0.29) is 4.83 Å². The third kappa shape index (κ3) is 4.64. The summed E-state index contributed by atoms with van der Waals surface area (Å²) in [4.78, 5) is 4.64. The van der Waals surface area contributed by atoms with Crippen LogP contribution in [-0.4, -0.2) is 11.6 Å². The summed E-state index contributed by atoms with van der Waals surface area (Å²) in [7, 11) is 0. The van der Waals surface area contributed by atoms with Crippen molar-refractivity contribution in [3.05, 3.63) is 59.9 Å². The number of benzene rings is 1. The van der Waals surface area contributed by atoms with Gasteiger partial charge >= 0.3 is 0 Å². The molecule has 1 aromatic heterocycles. The Bertz CT molecular complexity index is 498. The monoisotopic (exact) mass is 333 g/mol. The van der Waals surface area contributed by atoms with Crippen LogP contribution in [0.15, 0.2) is 48.7 Å². The average molecular weight is 334 g/mol. The molecule has 2 nitrogen and oxygen atoms in total. The molecule has 0 N–H and O–H groups in total. The van der Waals surface area contributed by atoms with Gasteiger partial charge in [-0.05, 0) is 36.2 Å². The Labute approximate surface area is 129 Å². The molecule has 0 fully saturated rings. The second kappa shape index (κ2) is 8.05. The Kier molecular flexibility index (Phi) is 6.06. The SMILES string of the molecule is CCCCOc1ccc(C(Br)Cc2ccccn2)cc1. The average Bonchev–Trinajstić information content (AvgIpc) is 2.49. The van der Waals surface area contributed by atoms with Gasteiger partial charge in [0.2, 0.25) is 0 Å². The van der Waals surface area contributed by atoms with Crippen LogP contribution < -0.4 is 4.74 Å². The smallest absolute Gasteiger partial charge is 0.119 e. The van der Waals surface area contributed by atoms with Crippen molar-refractivity contribution in [2.75, 3.05) is 6.61 Å². The minimum absolute atomic E-state index is 0.280. The number of halogens is 1. The Morgan fingerprint density at radius 3 is 2.60 bits per heavy atom. The fourth-order valence-electron chi connectivity index (χ4n) is 1.93. The molecule has 20 heavy (non-hydrogen) atoms. The zero-order chi connectivity index (χ0) is 14.2. The molecule has 0 saturated heterocycles. The summed E-state index contributed by atoms with van der Waals surface area (Å²) in [6.07, 6.45) is 4.98. The van der Waals surface area contributed by atoms with E-state index in [1.165, 1.54) is 5.56 Å². The van der Waals surface area contributed by atoms with Gasteiger partial charge in [0.05, 0.1) is 6.61 Å². The molecule has 2 rings (SSSR count). The number of pyridine rings is 1. The zero-order valence-electron chi connectivity index (χ0n) is 11.8. The van der Waals surface area contributed by atoms with Crippen molar-refractivity contribution in [1.29, 1.82) is 0 Å². The first-order valence-corrected chi connectivity index (χ1v) is 7.98. The summed E-state index contributed by atoms with van der Waals surface area (Å²) in [5.41, 5.74) is 2.34. The predicted octanol–water partition coefficient (Wildman–Crippen LogP) is 4.94. The van der Waals surface area contributed by atoms with E-state index in [0.717, 1.165) is 37.3 Å². The summed E-state index contributed by atoms with van der Waals surface area (Å²) in [6, 6.07) is 14.3. The Balaban J connectivity index is 1.92. The highest BCUT2D eigenvalue weighted by Crippen LogP contribution is 2.27. The summed E-state index contributed by atoms with van der Waals surface area (Å²) in [6.45, 7) is 2.96. The van der Waals surface area contributed by atoms with E-state index >= 15 is 0 Å². The number of ether oxygens (including phenoxy) is 1. The van der Waals surface area contributed by atoms with Crippen molar-refractivity contribution in [3.8, 4) is 5.75 Å². The van der Waals surface area contributed by atoms with Gasteiger partial charge in [-0.1, -0.05) is 47.5 Å². The van der Waals surface area contributed by atoms with Crippen LogP contribution >= 0.6 is 15.9 Å². The fraction of sp³-hybridized carbons (Fsp3) is 0.353. The molecule has 3 heteroatoms. The fourth-order valence-corrected chi connectivity index (χ4v) is 2.56. The molecular formula is C17H20BrNO. The van der Waals surface area contributed by atoms with Crippen molar-refractivity contribution >= 4 is 15.9 Å². The highest BCUT2D eigenvalue weighted by atomic mass is 79.9. The molecule has 0 aliphatic carbocycles. The van der Waals surface area contributed by atoms with Gasteiger partial charge in [0.15, 0.2) is 0 Å². The van der Waals surface area contributed by atoms with Gasteiger partial charge in [-0.3, -0.25) is 4.98 Å². The van der Waals surface area contributed by atoms with Crippen LogP contribution in [0.25, 0.3) is 0 Å². The molecule has 0 radical (unpaired) electrons. The number of rotatable bonds is 7. The highest BCUT2D eigenvalue weighted by molar-refractivity contribution is 9.09. The van der Waals surface area contributed by atoms with Crippen LogP contribution in [0.3, 0.4) is 0 Å². The minimum atomic E-state index is 0.280. The lowest BCUT2D eigenvalue weighted by molar-refractivity contribution is 0.309. The lowest BCUT2D eigenvalue weighted by Crippen LogP contribution is -1.99. The zero-order valence-corrected chi connectivity index (χ0v) is 13.3. The first-order valence-electron chi connectivity index (χ1n) is 7.06. The molecule has 1 atom stereocenters. The van der Waals surface area contributed by atoms with Crippen molar-refractivity contribution in [3.63, 3.8) is 0 Å². The molecule has 0 aliphatic heterocycles. The Hall–Kier alpha value is -1.35. The van der Waals surface area contributed by atoms with Crippen molar-refractivity contribution in [2.24, 2.45) is 0 Å². The second-order valence-electron chi connectivity index (χ2n) is 4.76. The molecular weight excluding hydrogens is 314 g/mol. The molecule has 1 aromatic carbocycles. The third-order valence-corrected chi connectivity index (χ3v) is 3.98. The summed E-state index contributed by atoms with van der Waals surface area (Å²) < 4.78 is 5.67. The first-order chi connectivity index (χ1) is 9.79. The van der Waals surface area contributed by atoms with Crippen molar-refractivity contribution in [2.45, 2.75) is 31.0 Å². The largest absolute Gasteiger partial charge is 0.494 e. The maximum Gasteiger partial charge on any atom is 0.119 e. The van der Waals surface area contributed by atoms with Gasteiger partial charge in [0.25, 0.3) is 0 Å². The molecule has 0 amide bonds. The van der Waals surface area contributed by atoms with E-state index in [0.29, 0.717) is 0 Å². The summed E-state index contributed by atoms with van der Waals surface area (Å²) >= 11 is 3.73. The van der Waals surface area contributed by atoms with E-state index in [1.807, 2.05) is 30.5 Å². The van der Waals surface area contributed by atoms with E-state index in [9.17, 15) is 0 Å². The molecule has 1 heterocycles. The molecule has 0 aliphatic rings. The first kappa shape index (κ1) is 15.0. The topological polar surface area (TPSA) is 22.1 Å². The van der Waals surface area contributed by atoms with Crippen LogP contribution in [0.2, 0.25) is 0 Å². The molecule has 0 spiro atoms. The molecule has 0 saturated carbocycles. The number of aromatic nitrogens is 1. The maximum absolute atomic E-state index is 5.67. The Morgan fingerprint density at radius 1 is 1.15 bits per heavy atom. The van der Waals surface area contributed by atoms with E-state index in [4.69, 9.17) is 4.74 Å². The maximum atomic E-state index is 5.67. The number of nitrogens with zero attached hydrogens (tertiary/aromatic N) is 1. The van der Waals surface area contributed by atoms with Gasteiger partial charge in [-0.2, -0.15) is 0 Å². The lowest BCUT2D eigenvalue weighted by atomic mass is 10.1. The van der Waals surface area contributed by atoms with Crippen LogP contribution in [0.5, 0.6) is 5.75 Å².